The molecule has 1 heterocycles. The zero-order valence-corrected chi connectivity index (χ0v) is 14.3. The second-order valence-electron chi connectivity index (χ2n) is 5.52. The summed E-state index contributed by atoms with van der Waals surface area (Å²) in [5, 5.41) is 6.93. The normalized spacial score (nSPS) is 14.5. The van der Waals surface area contributed by atoms with Gasteiger partial charge in [0.15, 0.2) is 6.61 Å². The van der Waals surface area contributed by atoms with Gasteiger partial charge in [0.25, 0.3) is 5.91 Å². The van der Waals surface area contributed by atoms with E-state index in [2.05, 4.69) is 10.6 Å². The number of nitrogens with one attached hydrogen (secondary N) is 2. The quantitative estimate of drug-likeness (QED) is 0.769. The number of likely N-dealkylation sites (N-methyl/N-ethyl adjacent to an activating group) is 1. The summed E-state index contributed by atoms with van der Waals surface area (Å²) in [5.74, 6) is -1.22. The topological polar surface area (TPSA) is 84.5 Å². The Morgan fingerprint density at radius 1 is 1.30 bits per heavy atom. The second kappa shape index (κ2) is 8.10. The van der Waals surface area contributed by atoms with Crippen molar-refractivity contribution < 1.29 is 19.1 Å². The molecule has 2 N–H and O–H groups in total. The van der Waals surface area contributed by atoms with Crippen LogP contribution < -0.4 is 10.6 Å². The highest BCUT2D eigenvalue weighted by atomic mass is 32.1. The standard InChI is InChI=1S/C16H22N2O4S/c1-3-17-15(20)10(2)18-14(19)8-22-16(21)12-9-23-13-7-5-4-6-11(12)13/h9-10H,3-8H2,1-2H3,(H,17,20)(H,18,19)/t10-/m1/s1. The summed E-state index contributed by atoms with van der Waals surface area (Å²) in [4.78, 5) is 36.7. The van der Waals surface area contributed by atoms with Crippen LogP contribution in [0.1, 0.15) is 47.5 Å². The van der Waals surface area contributed by atoms with Crippen LogP contribution in [0.25, 0.3) is 0 Å². The van der Waals surface area contributed by atoms with E-state index in [9.17, 15) is 14.4 Å². The van der Waals surface area contributed by atoms with E-state index in [1.807, 2.05) is 5.38 Å². The van der Waals surface area contributed by atoms with E-state index < -0.39 is 17.9 Å². The van der Waals surface area contributed by atoms with Crippen LogP contribution >= 0.6 is 11.3 Å². The molecule has 0 radical (unpaired) electrons. The van der Waals surface area contributed by atoms with Crippen LogP contribution in [0.3, 0.4) is 0 Å². The van der Waals surface area contributed by atoms with Crippen molar-refractivity contribution in [2.75, 3.05) is 13.2 Å². The molecule has 2 rings (SSSR count). The SMILES string of the molecule is CCNC(=O)[C@@H](C)NC(=O)COC(=O)c1csc2c1CCCC2. The molecule has 0 unspecified atom stereocenters. The Balaban J connectivity index is 1.83. The summed E-state index contributed by atoms with van der Waals surface area (Å²) in [6.45, 7) is 3.50. The lowest BCUT2D eigenvalue weighted by atomic mass is 9.96. The van der Waals surface area contributed by atoms with Crippen LogP contribution in [-0.2, 0) is 27.2 Å². The number of carbonyl (C=O) groups excluding carboxylic acids is 3. The van der Waals surface area contributed by atoms with E-state index in [1.54, 1.807) is 25.2 Å². The molecular weight excluding hydrogens is 316 g/mol. The summed E-state index contributed by atoms with van der Waals surface area (Å²) in [6.07, 6.45) is 4.14. The minimum absolute atomic E-state index is 0.265. The van der Waals surface area contributed by atoms with E-state index >= 15 is 0 Å². The summed E-state index contributed by atoms with van der Waals surface area (Å²) >= 11 is 1.58. The van der Waals surface area contributed by atoms with Gasteiger partial charge in [-0.25, -0.2) is 4.79 Å². The van der Waals surface area contributed by atoms with Crippen molar-refractivity contribution in [1.29, 1.82) is 0 Å². The molecule has 23 heavy (non-hydrogen) atoms. The van der Waals surface area contributed by atoms with Crippen LogP contribution in [-0.4, -0.2) is 37.0 Å². The highest BCUT2D eigenvalue weighted by Crippen LogP contribution is 2.30. The molecule has 1 aromatic rings. The van der Waals surface area contributed by atoms with Crippen LogP contribution in [0.5, 0.6) is 0 Å². The minimum atomic E-state index is -0.657. The maximum absolute atomic E-state index is 12.1. The van der Waals surface area contributed by atoms with Crippen molar-refractivity contribution in [2.45, 2.75) is 45.6 Å². The first-order valence-electron chi connectivity index (χ1n) is 7.86. The van der Waals surface area contributed by atoms with Gasteiger partial charge < -0.3 is 15.4 Å². The van der Waals surface area contributed by atoms with Crippen LogP contribution in [0.2, 0.25) is 0 Å². The molecule has 6 nitrogen and oxygen atoms in total. The van der Waals surface area contributed by atoms with Gasteiger partial charge in [-0.2, -0.15) is 0 Å². The van der Waals surface area contributed by atoms with Gasteiger partial charge in [0.05, 0.1) is 5.56 Å². The molecule has 0 spiro atoms. The Hall–Kier alpha value is -1.89. The first kappa shape index (κ1) is 17.5. The third-order valence-electron chi connectivity index (χ3n) is 3.74. The maximum Gasteiger partial charge on any atom is 0.339 e. The fourth-order valence-electron chi connectivity index (χ4n) is 2.55. The molecule has 1 aromatic heterocycles. The third-order valence-corrected chi connectivity index (χ3v) is 4.83. The van der Waals surface area contributed by atoms with E-state index in [-0.39, 0.29) is 12.5 Å². The van der Waals surface area contributed by atoms with Crippen molar-refractivity contribution >= 4 is 29.1 Å². The van der Waals surface area contributed by atoms with Crippen LogP contribution in [0.4, 0.5) is 0 Å². The summed E-state index contributed by atoms with van der Waals surface area (Å²) in [7, 11) is 0. The maximum atomic E-state index is 12.1. The highest BCUT2D eigenvalue weighted by Gasteiger charge is 2.22. The molecule has 0 saturated heterocycles. The smallest absolute Gasteiger partial charge is 0.339 e. The molecule has 1 aliphatic carbocycles. The van der Waals surface area contributed by atoms with Crippen LogP contribution in [0, 0.1) is 0 Å². The number of aryl methyl sites for hydroxylation is 1. The fraction of sp³-hybridized carbons (Fsp3) is 0.562. The van der Waals surface area contributed by atoms with Gasteiger partial charge in [0.1, 0.15) is 6.04 Å². The van der Waals surface area contributed by atoms with Gasteiger partial charge in [-0.3, -0.25) is 9.59 Å². The Kier molecular flexibility index (Phi) is 6.15. The molecule has 1 aliphatic rings. The van der Waals surface area contributed by atoms with Crippen molar-refractivity contribution in [3.05, 3.63) is 21.4 Å². The van der Waals surface area contributed by atoms with E-state index in [0.29, 0.717) is 12.1 Å². The summed E-state index contributed by atoms with van der Waals surface area (Å²) in [5.41, 5.74) is 1.65. The lowest BCUT2D eigenvalue weighted by Gasteiger charge is -2.14. The van der Waals surface area contributed by atoms with Gasteiger partial charge in [0, 0.05) is 16.8 Å². The third kappa shape index (κ3) is 4.54. The molecular formula is C16H22N2O4S. The molecule has 7 heteroatoms. The number of amides is 2. The minimum Gasteiger partial charge on any atom is -0.452 e. The number of ether oxygens (including phenoxy) is 1. The molecule has 2 amide bonds. The number of hydrogen-bond acceptors (Lipinski definition) is 5. The van der Waals surface area contributed by atoms with Gasteiger partial charge >= 0.3 is 5.97 Å². The zero-order chi connectivity index (χ0) is 16.8. The predicted octanol–water partition coefficient (Wildman–Crippen LogP) is 1.42. The molecule has 0 bridgehead atoms. The zero-order valence-electron chi connectivity index (χ0n) is 13.4. The summed E-state index contributed by atoms with van der Waals surface area (Å²) in [6, 6.07) is -0.657. The Morgan fingerprint density at radius 3 is 2.78 bits per heavy atom. The average molecular weight is 338 g/mol. The Labute approximate surface area is 139 Å². The number of esters is 1. The van der Waals surface area contributed by atoms with Crippen molar-refractivity contribution in [3.63, 3.8) is 0 Å². The van der Waals surface area contributed by atoms with Crippen molar-refractivity contribution in [3.8, 4) is 0 Å². The predicted molar refractivity (Wildman–Crippen MR) is 87.5 cm³/mol. The molecule has 0 fully saturated rings. The van der Waals surface area contributed by atoms with Crippen LogP contribution in [0.15, 0.2) is 5.38 Å². The second-order valence-corrected chi connectivity index (χ2v) is 6.48. The van der Waals surface area contributed by atoms with Gasteiger partial charge in [-0.05, 0) is 45.1 Å². The molecule has 0 saturated carbocycles. The number of fused-ring (bicyclic) bond motifs is 1. The van der Waals surface area contributed by atoms with Gasteiger partial charge in [-0.1, -0.05) is 0 Å². The lowest BCUT2D eigenvalue weighted by molar-refractivity contribution is -0.130. The van der Waals surface area contributed by atoms with E-state index in [4.69, 9.17) is 4.74 Å². The first-order valence-corrected chi connectivity index (χ1v) is 8.74. The Bertz CT molecular complexity index is 597. The number of hydrogen-bond donors (Lipinski definition) is 2. The average Bonchev–Trinajstić information content (AvgIpc) is 2.97. The van der Waals surface area contributed by atoms with E-state index in [1.165, 1.54) is 4.88 Å². The number of thiophene rings is 1. The van der Waals surface area contributed by atoms with Gasteiger partial charge in [0.2, 0.25) is 5.91 Å². The highest BCUT2D eigenvalue weighted by molar-refractivity contribution is 7.10. The van der Waals surface area contributed by atoms with Gasteiger partial charge in [-0.15, -0.1) is 11.3 Å². The lowest BCUT2D eigenvalue weighted by Crippen LogP contribution is -2.46. The largest absolute Gasteiger partial charge is 0.452 e. The molecule has 1 atom stereocenters. The molecule has 126 valence electrons. The fourth-order valence-corrected chi connectivity index (χ4v) is 3.66. The van der Waals surface area contributed by atoms with Crippen molar-refractivity contribution in [1.82, 2.24) is 10.6 Å². The molecule has 0 aliphatic heterocycles. The summed E-state index contributed by atoms with van der Waals surface area (Å²) < 4.78 is 5.08. The van der Waals surface area contributed by atoms with E-state index in [0.717, 1.165) is 31.2 Å². The Morgan fingerprint density at radius 2 is 2.04 bits per heavy atom. The molecule has 0 aromatic carbocycles. The first-order chi connectivity index (χ1) is 11.0. The number of rotatable bonds is 6. The number of carbonyl (C=O) groups is 3. The monoisotopic (exact) mass is 338 g/mol. The van der Waals surface area contributed by atoms with Crippen molar-refractivity contribution in [2.24, 2.45) is 0 Å².